The van der Waals surface area contributed by atoms with Crippen molar-refractivity contribution in [1.82, 2.24) is 4.90 Å². The number of likely N-dealkylation sites (tertiary alicyclic amines) is 1. The first-order chi connectivity index (χ1) is 27.0. The van der Waals surface area contributed by atoms with Crippen LogP contribution in [-0.4, -0.2) is 59.6 Å². The molecule has 1 saturated heterocycles. The maximum atomic E-state index is 5.82. The monoisotopic (exact) mass is 738 g/mol. The summed E-state index contributed by atoms with van der Waals surface area (Å²) in [6.45, 7) is 3.81. The van der Waals surface area contributed by atoms with Crippen molar-refractivity contribution in [2.45, 2.75) is 69.5 Å². The molecule has 2 aliphatic carbocycles. The van der Waals surface area contributed by atoms with Gasteiger partial charge in [0.05, 0.1) is 35.5 Å². The molecule has 0 bridgehead atoms. The lowest BCUT2D eigenvalue weighted by molar-refractivity contribution is 0.201. The molecule has 5 aromatic carbocycles. The van der Waals surface area contributed by atoms with Crippen molar-refractivity contribution in [3.8, 4) is 51.0 Å². The minimum absolute atomic E-state index is 0.397. The molecule has 3 aliphatic rings. The number of anilines is 1. The van der Waals surface area contributed by atoms with E-state index in [1.54, 1.807) is 35.5 Å². The molecule has 0 atom stereocenters. The second-order valence-electron chi connectivity index (χ2n) is 15.4. The highest BCUT2D eigenvalue weighted by molar-refractivity contribution is 5.72. The van der Waals surface area contributed by atoms with Crippen LogP contribution in [-0.2, 0) is 13.1 Å². The van der Waals surface area contributed by atoms with Crippen LogP contribution in [0.1, 0.15) is 72.6 Å². The number of nitrogens with zero attached hydrogens (tertiary/aromatic N) is 2. The van der Waals surface area contributed by atoms with Gasteiger partial charge >= 0.3 is 0 Å². The lowest BCUT2D eigenvalue weighted by Gasteiger charge is -2.40. The lowest BCUT2D eigenvalue weighted by atomic mass is 9.96. The summed E-state index contributed by atoms with van der Waals surface area (Å²) in [5.41, 5.74) is 11.1. The highest BCUT2D eigenvalue weighted by Crippen LogP contribution is 2.50. The first-order valence-electron chi connectivity index (χ1n) is 19.8. The Kier molecular flexibility index (Phi) is 10.9. The average molecular weight is 739 g/mol. The van der Waals surface area contributed by atoms with Crippen LogP contribution < -0.4 is 28.6 Å². The van der Waals surface area contributed by atoms with Gasteiger partial charge in [0.25, 0.3) is 0 Å². The second kappa shape index (κ2) is 16.3. The smallest absolute Gasteiger partial charge is 0.164 e. The summed E-state index contributed by atoms with van der Waals surface area (Å²) in [4.78, 5) is 5.21. The highest BCUT2D eigenvalue weighted by Gasteiger charge is 2.31. The predicted octanol–water partition coefficient (Wildman–Crippen LogP) is 10.5. The number of hydrogen-bond donors (Lipinski definition) is 0. The van der Waals surface area contributed by atoms with E-state index in [0.717, 1.165) is 67.8 Å². The zero-order chi connectivity index (χ0) is 37.9. The third-order valence-electron chi connectivity index (χ3n) is 11.7. The third-order valence-corrected chi connectivity index (χ3v) is 11.7. The Morgan fingerprint density at radius 1 is 0.527 bits per heavy atom. The molecular weight excluding hydrogens is 685 g/mol. The second-order valence-corrected chi connectivity index (χ2v) is 15.4. The first-order valence-corrected chi connectivity index (χ1v) is 19.8. The summed E-state index contributed by atoms with van der Waals surface area (Å²) in [5, 5.41) is 0. The van der Waals surface area contributed by atoms with Gasteiger partial charge in [-0.1, -0.05) is 42.5 Å². The van der Waals surface area contributed by atoms with Crippen LogP contribution in [0.25, 0.3) is 22.3 Å². The molecule has 7 heteroatoms. The number of ether oxygens (including phenoxy) is 5. The number of hydrogen-bond acceptors (Lipinski definition) is 7. The molecule has 1 heterocycles. The summed E-state index contributed by atoms with van der Waals surface area (Å²) in [6, 6.07) is 35.8. The molecule has 0 radical (unpaired) electrons. The molecule has 0 spiro atoms. The Labute approximate surface area is 326 Å². The topological polar surface area (TPSA) is 52.6 Å². The molecule has 3 fully saturated rings. The Hall–Kier alpha value is -5.14. The van der Waals surface area contributed by atoms with E-state index in [0.29, 0.717) is 17.9 Å². The molecule has 286 valence electrons. The van der Waals surface area contributed by atoms with Gasteiger partial charge in [-0.05, 0) is 132 Å². The van der Waals surface area contributed by atoms with E-state index < -0.39 is 0 Å². The number of piperidine rings is 1. The van der Waals surface area contributed by atoms with Gasteiger partial charge in [0.1, 0.15) is 5.75 Å². The Morgan fingerprint density at radius 3 is 1.60 bits per heavy atom. The minimum atomic E-state index is 0.397. The quantitative estimate of drug-likeness (QED) is 0.106. The maximum absolute atomic E-state index is 5.82. The van der Waals surface area contributed by atoms with Crippen molar-refractivity contribution < 1.29 is 23.7 Å². The van der Waals surface area contributed by atoms with E-state index in [2.05, 4.69) is 101 Å². The lowest BCUT2D eigenvalue weighted by Crippen LogP contribution is -2.44. The van der Waals surface area contributed by atoms with Crippen LogP contribution in [0.4, 0.5) is 5.69 Å². The van der Waals surface area contributed by atoms with Crippen molar-refractivity contribution in [2.75, 3.05) is 53.5 Å². The fraction of sp³-hybridized carbons (Fsp3) is 0.375. The van der Waals surface area contributed by atoms with E-state index in [1.165, 1.54) is 75.9 Å². The van der Waals surface area contributed by atoms with Crippen molar-refractivity contribution >= 4 is 5.69 Å². The molecule has 0 aromatic heterocycles. The van der Waals surface area contributed by atoms with E-state index in [-0.39, 0.29) is 0 Å². The van der Waals surface area contributed by atoms with Crippen molar-refractivity contribution in [2.24, 2.45) is 0 Å². The molecule has 7 nitrogen and oxygen atoms in total. The Morgan fingerprint density at radius 2 is 1.07 bits per heavy atom. The van der Waals surface area contributed by atoms with Gasteiger partial charge < -0.3 is 28.6 Å². The van der Waals surface area contributed by atoms with Crippen LogP contribution in [0.5, 0.6) is 28.7 Å². The summed E-state index contributed by atoms with van der Waals surface area (Å²) < 4.78 is 28.9. The molecule has 55 heavy (non-hydrogen) atoms. The fourth-order valence-corrected chi connectivity index (χ4v) is 8.48. The van der Waals surface area contributed by atoms with Crippen LogP contribution >= 0.6 is 0 Å². The molecule has 0 N–H and O–H groups in total. The van der Waals surface area contributed by atoms with Crippen molar-refractivity contribution in [3.05, 3.63) is 119 Å². The summed E-state index contributed by atoms with van der Waals surface area (Å²) in [6.07, 6.45) is 6.98. The van der Waals surface area contributed by atoms with Crippen LogP contribution in [0, 0.1) is 0 Å². The molecule has 8 rings (SSSR count). The SMILES string of the molecule is COc1cccc(N(Cc2cccc(-c3cc(OC)c(OC)c(C4CC4)c3)c2)C2CCN(Cc3cccc(-c4cc(OC)c(OC)c(C5CC5)c4)c3)CC2)c1. The van der Waals surface area contributed by atoms with Crippen LogP contribution in [0.15, 0.2) is 97.1 Å². The highest BCUT2D eigenvalue weighted by atomic mass is 16.5. The summed E-state index contributed by atoms with van der Waals surface area (Å²) in [5.74, 6) is 5.34. The zero-order valence-corrected chi connectivity index (χ0v) is 33.0. The third kappa shape index (κ3) is 8.13. The molecule has 2 saturated carbocycles. The van der Waals surface area contributed by atoms with Crippen LogP contribution in [0.3, 0.4) is 0 Å². The van der Waals surface area contributed by atoms with E-state index in [1.807, 2.05) is 6.07 Å². The molecule has 1 aliphatic heterocycles. The van der Waals surface area contributed by atoms with Crippen molar-refractivity contribution in [1.29, 1.82) is 0 Å². The number of methoxy groups -OCH3 is 5. The van der Waals surface area contributed by atoms with E-state index in [4.69, 9.17) is 23.7 Å². The van der Waals surface area contributed by atoms with Crippen molar-refractivity contribution in [3.63, 3.8) is 0 Å². The number of rotatable bonds is 15. The normalized spacial score (nSPS) is 16.1. The standard InChI is InChI=1S/C48H54N2O5/c1-51-42-14-8-13-41(29-42)50(31-33-10-7-12-37(24-33)39-26-44(35-17-18-35)48(55-5)46(28-39)53-3)40-19-21-49(22-20-40)30-32-9-6-11-36(23-32)38-25-43(34-15-16-34)47(54-4)45(27-38)52-2/h6-14,23-29,34-35,40H,15-22,30-31H2,1-5H3. The van der Waals surface area contributed by atoms with Crippen LogP contribution in [0.2, 0.25) is 0 Å². The molecule has 0 unspecified atom stereocenters. The number of benzene rings is 5. The zero-order valence-electron chi connectivity index (χ0n) is 33.0. The van der Waals surface area contributed by atoms with Gasteiger partial charge in [-0.3, -0.25) is 4.90 Å². The predicted molar refractivity (Wildman–Crippen MR) is 221 cm³/mol. The van der Waals surface area contributed by atoms with Gasteiger partial charge in [0.15, 0.2) is 23.0 Å². The van der Waals surface area contributed by atoms with Gasteiger partial charge in [-0.25, -0.2) is 0 Å². The van der Waals surface area contributed by atoms with Gasteiger partial charge in [-0.15, -0.1) is 0 Å². The van der Waals surface area contributed by atoms with Gasteiger partial charge in [0.2, 0.25) is 0 Å². The summed E-state index contributed by atoms with van der Waals surface area (Å²) >= 11 is 0. The summed E-state index contributed by atoms with van der Waals surface area (Å²) in [7, 11) is 8.69. The molecular formula is C48H54N2O5. The first kappa shape index (κ1) is 36.8. The fourth-order valence-electron chi connectivity index (χ4n) is 8.48. The average Bonchev–Trinajstić information content (AvgIpc) is 4.17. The largest absolute Gasteiger partial charge is 0.497 e. The van der Waals surface area contributed by atoms with Gasteiger partial charge in [-0.2, -0.15) is 0 Å². The minimum Gasteiger partial charge on any atom is -0.497 e. The molecule has 0 amide bonds. The molecule has 5 aromatic rings. The Bertz CT molecular complexity index is 2110. The van der Waals surface area contributed by atoms with E-state index in [9.17, 15) is 0 Å². The maximum Gasteiger partial charge on any atom is 0.164 e. The van der Waals surface area contributed by atoms with E-state index >= 15 is 0 Å². The Balaban J connectivity index is 0.998. The van der Waals surface area contributed by atoms with Gasteiger partial charge in [0, 0.05) is 55.1 Å².